The first-order valence-corrected chi connectivity index (χ1v) is 8.97. The van der Waals surface area contributed by atoms with Gasteiger partial charge >= 0.3 is 0 Å². The van der Waals surface area contributed by atoms with E-state index in [4.69, 9.17) is 5.41 Å². The molecule has 0 spiro atoms. The highest BCUT2D eigenvalue weighted by atomic mass is 32.2. The van der Waals surface area contributed by atoms with Gasteiger partial charge in [0.05, 0.1) is 5.57 Å². The van der Waals surface area contributed by atoms with Gasteiger partial charge in [0.25, 0.3) is 5.91 Å². The van der Waals surface area contributed by atoms with E-state index in [1.54, 1.807) is 6.08 Å². The molecule has 26 heavy (non-hydrogen) atoms. The second-order valence-electron chi connectivity index (χ2n) is 6.20. The third-order valence-electron chi connectivity index (χ3n) is 4.14. The Morgan fingerprint density at radius 1 is 1.00 bits per heavy atom. The number of fused-ring (bicyclic) bond motifs is 1. The van der Waals surface area contributed by atoms with Crippen molar-refractivity contribution in [3.8, 4) is 0 Å². The zero-order valence-electron chi connectivity index (χ0n) is 14.4. The van der Waals surface area contributed by atoms with E-state index in [1.165, 1.54) is 22.3 Å². The molecule has 128 valence electrons. The lowest BCUT2D eigenvalue weighted by atomic mass is 10.1. The monoisotopic (exact) mass is 360 g/mol. The van der Waals surface area contributed by atoms with Crippen LogP contribution in [0.3, 0.4) is 0 Å². The summed E-state index contributed by atoms with van der Waals surface area (Å²) >= 11 is 1.31. The normalized spacial score (nSPS) is 18.1. The number of hydrogen-bond donors (Lipinski definition) is 1. The lowest BCUT2D eigenvalue weighted by Gasteiger charge is -2.20. The molecule has 1 N–H and O–H groups in total. The van der Waals surface area contributed by atoms with E-state index in [-0.39, 0.29) is 11.4 Å². The number of amides is 1. The number of hydrazone groups is 1. The molecule has 0 aromatic heterocycles. The number of aliphatic imine (C=N–C) groups is 1. The molecule has 4 rings (SSSR count). The van der Waals surface area contributed by atoms with E-state index in [0.717, 1.165) is 21.7 Å². The van der Waals surface area contributed by atoms with E-state index in [2.05, 4.69) is 10.1 Å². The minimum Gasteiger partial charge on any atom is -0.282 e. The molecule has 0 saturated heterocycles. The molecule has 5 nitrogen and oxygen atoms in total. The topological polar surface area (TPSA) is 68.9 Å². The Morgan fingerprint density at radius 3 is 2.27 bits per heavy atom. The van der Waals surface area contributed by atoms with Crippen molar-refractivity contribution in [2.45, 2.75) is 13.8 Å². The van der Waals surface area contributed by atoms with E-state index in [0.29, 0.717) is 5.17 Å². The Kier molecular flexibility index (Phi) is 4.05. The van der Waals surface area contributed by atoms with Crippen molar-refractivity contribution in [1.29, 1.82) is 5.41 Å². The lowest BCUT2D eigenvalue weighted by molar-refractivity contribution is -0.114. The number of nitrogens with zero attached hydrogens (tertiary/aromatic N) is 3. The predicted molar refractivity (Wildman–Crippen MR) is 106 cm³/mol. The summed E-state index contributed by atoms with van der Waals surface area (Å²) in [5.74, 6) is -0.357. The molecule has 2 aromatic carbocycles. The van der Waals surface area contributed by atoms with Gasteiger partial charge in [-0.1, -0.05) is 59.7 Å². The maximum atomic E-state index is 12.4. The summed E-state index contributed by atoms with van der Waals surface area (Å²) in [7, 11) is 0. The first-order chi connectivity index (χ1) is 12.5. The summed E-state index contributed by atoms with van der Waals surface area (Å²) in [6.07, 6.45) is 1.69. The summed E-state index contributed by atoms with van der Waals surface area (Å²) in [6, 6.07) is 15.8. The SMILES string of the molecule is Cc1ccc(/C=C2/C(=N)N3N=C(c4ccc(C)cc4)SC3=NC2=O)cc1. The fourth-order valence-corrected chi connectivity index (χ4v) is 3.53. The third-order valence-corrected chi connectivity index (χ3v) is 5.10. The zero-order valence-corrected chi connectivity index (χ0v) is 15.2. The molecule has 2 heterocycles. The number of benzene rings is 2. The van der Waals surface area contributed by atoms with Crippen LogP contribution in [0.1, 0.15) is 22.3 Å². The van der Waals surface area contributed by atoms with Gasteiger partial charge in [0, 0.05) is 5.56 Å². The number of nitrogens with one attached hydrogen (secondary N) is 1. The third kappa shape index (κ3) is 2.99. The Bertz CT molecular complexity index is 1000. The van der Waals surface area contributed by atoms with Crippen molar-refractivity contribution >= 4 is 39.8 Å². The molecule has 0 unspecified atom stereocenters. The molecule has 2 aromatic rings. The van der Waals surface area contributed by atoms with E-state index < -0.39 is 5.91 Å². The Hall–Kier alpha value is -2.99. The largest absolute Gasteiger partial charge is 0.283 e. The summed E-state index contributed by atoms with van der Waals surface area (Å²) < 4.78 is 0. The summed E-state index contributed by atoms with van der Waals surface area (Å²) in [6.45, 7) is 4.03. The van der Waals surface area contributed by atoms with E-state index >= 15 is 0 Å². The highest BCUT2D eigenvalue weighted by molar-refractivity contribution is 8.27. The molecule has 6 heteroatoms. The van der Waals surface area contributed by atoms with Crippen molar-refractivity contribution in [3.63, 3.8) is 0 Å². The van der Waals surface area contributed by atoms with Gasteiger partial charge in [-0.05, 0) is 37.2 Å². The van der Waals surface area contributed by atoms with Crippen LogP contribution in [-0.2, 0) is 4.79 Å². The smallest absolute Gasteiger partial charge is 0.282 e. The van der Waals surface area contributed by atoms with Crippen LogP contribution in [0.5, 0.6) is 0 Å². The molecular formula is C20H16N4OS. The Labute approximate surface area is 155 Å². The summed E-state index contributed by atoms with van der Waals surface area (Å²) in [5, 5.41) is 15.5. The summed E-state index contributed by atoms with van der Waals surface area (Å²) in [5.41, 5.74) is 4.35. The van der Waals surface area contributed by atoms with Crippen molar-refractivity contribution in [2.24, 2.45) is 10.1 Å². The molecule has 0 fully saturated rings. The number of hydrogen-bond acceptors (Lipinski definition) is 4. The molecule has 0 saturated carbocycles. The number of aryl methyl sites for hydroxylation is 2. The average molecular weight is 360 g/mol. The van der Waals surface area contributed by atoms with Gasteiger partial charge in [0.2, 0.25) is 5.17 Å². The number of thioether (sulfide) groups is 1. The molecule has 0 atom stereocenters. The Morgan fingerprint density at radius 2 is 1.62 bits per heavy atom. The average Bonchev–Trinajstić information content (AvgIpc) is 3.05. The van der Waals surface area contributed by atoms with Gasteiger partial charge in [-0.15, -0.1) is 0 Å². The maximum absolute atomic E-state index is 12.4. The van der Waals surface area contributed by atoms with Gasteiger partial charge < -0.3 is 0 Å². The Balaban J connectivity index is 1.68. The standard InChI is InChI=1S/C20H16N4OS/c1-12-3-7-14(8-4-12)11-16-17(21)24-20(22-18(16)25)26-19(23-24)15-9-5-13(2)6-10-15/h3-11,21H,1-2H3/b16-11-,21-17?. The van der Waals surface area contributed by atoms with Crippen molar-refractivity contribution < 1.29 is 4.79 Å². The fourth-order valence-electron chi connectivity index (χ4n) is 2.63. The van der Waals surface area contributed by atoms with Crippen LogP contribution in [-0.4, -0.2) is 27.0 Å². The van der Waals surface area contributed by atoms with Gasteiger partial charge in [0.15, 0.2) is 5.84 Å². The highest BCUT2D eigenvalue weighted by Crippen LogP contribution is 2.30. The van der Waals surface area contributed by atoms with Crippen LogP contribution in [0, 0.1) is 19.3 Å². The molecule has 0 radical (unpaired) electrons. The van der Waals surface area contributed by atoms with Crippen LogP contribution >= 0.6 is 11.8 Å². The summed E-state index contributed by atoms with van der Waals surface area (Å²) in [4.78, 5) is 16.5. The van der Waals surface area contributed by atoms with E-state index in [1.807, 2.05) is 62.4 Å². The van der Waals surface area contributed by atoms with Crippen molar-refractivity contribution in [3.05, 3.63) is 76.4 Å². The number of carbonyl (C=O) groups excluding carboxylic acids is 1. The minimum absolute atomic E-state index is 0.0511. The molecule has 0 bridgehead atoms. The van der Waals surface area contributed by atoms with Crippen LogP contribution in [0.2, 0.25) is 0 Å². The quantitative estimate of drug-likeness (QED) is 0.824. The fraction of sp³-hybridized carbons (Fsp3) is 0.100. The molecule has 1 amide bonds. The number of amidine groups is 2. The minimum atomic E-state index is -0.408. The van der Waals surface area contributed by atoms with E-state index in [9.17, 15) is 4.79 Å². The maximum Gasteiger partial charge on any atom is 0.283 e. The first-order valence-electron chi connectivity index (χ1n) is 8.15. The zero-order chi connectivity index (χ0) is 18.3. The van der Waals surface area contributed by atoms with Crippen LogP contribution in [0.15, 0.2) is 64.2 Å². The van der Waals surface area contributed by atoms with Gasteiger partial charge in [-0.25, -0.2) is 0 Å². The first kappa shape index (κ1) is 16.5. The predicted octanol–water partition coefficient (Wildman–Crippen LogP) is 3.97. The van der Waals surface area contributed by atoms with Gasteiger partial charge in [-0.3, -0.25) is 10.2 Å². The van der Waals surface area contributed by atoms with Gasteiger partial charge in [-0.2, -0.15) is 15.1 Å². The number of carbonyl (C=O) groups is 1. The lowest BCUT2D eigenvalue weighted by Crippen LogP contribution is -2.35. The second kappa shape index (κ2) is 6.38. The van der Waals surface area contributed by atoms with Gasteiger partial charge in [0.1, 0.15) is 5.04 Å². The number of rotatable bonds is 2. The molecular weight excluding hydrogens is 344 g/mol. The van der Waals surface area contributed by atoms with Crippen LogP contribution in [0.4, 0.5) is 0 Å². The highest BCUT2D eigenvalue weighted by Gasteiger charge is 2.35. The molecule has 2 aliphatic rings. The van der Waals surface area contributed by atoms with Crippen LogP contribution < -0.4 is 0 Å². The molecule has 2 aliphatic heterocycles. The second-order valence-corrected chi connectivity index (χ2v) is 7.16. The molecule has 0 aliphatic carbocycles. The van der Waals surface area contributed by atoms with Crippen LogP contribution in [0.25, 0.3) is 6.08 Å². The van der Waals surface area contributed by atoms with Crippen molar-refractivity contribution in [2.75, 3.05) is 0 Å². The van der Waals surface area contributed by atoms with Crippen molar-refractivity contribution in [1.82, 2.24) is 5.01 Å².